The molecule has 0 radical (unpaired) electrons. The summed E-state index contributed by atoms with van der Waals surface area (Å²) in [6.07, 6.45) is 6.54. The summed E-state index contributed by atoms with van der Waals surface area (Å²) in [5.74, 6) is 0.727. The Hall–Kier alpha value is -1.06. The molecule has 2 rings (SSSR count). The Bertz CT molecular complexity index is 371. The second-order valence-electron chi connectivity index (χ2n) is 6.34. The third-order valence-corrected chi connectivity index (χ3v) is 5.16. The molecule has 114 valence electrons. The second-order valence-corrected chi connectivity index (χ2v) is 6.34. The normalized spacial score (nSPS) is 25.6. The highest BCUT2D eigenvalue weighted by molar-refractivity contribution is 6.00. The van der Waals surface area contributed by atoms with E-state index in [1.165, 1.54) is 0 Å². The van der Waals surface area contributed by atoms with E-state index in [1.54, 1.807) is 0 Å². The highest BCUT2D eigenvalue weighted by atomic mass is 16.2. The zero-order valence-electron chi connectivity index (χ0n) is 13.1. The Labute approximate surface area is 122 Å². The van der Waals surface area contributed by atoms with Crippen molar-refractivity contribution in [2.75, 3.05) is 6.54 Å². The Morgan fingerprint density at radius 3 is 2.30 bits per heavy atom. The van der Waals surface area contributed by atoms with Gasteiger partial charge in [-0.3, -0.25) is 9.59 Å². The smallest absolute Gasteiger partial charge is 0.249 e. The number of amides is 2. The quantitative estimate of drug-likeness (QED) is 0.841. The van der Waals surface area contributed by atoms with Gasteiger partial charge in [0.1, 0.15) is 11.6 Å². The number of nitrogens with one attached hydrogen (secondary N) is 1. The van der Waals surface area contributed by atoms with Crippen molar-refractivity contribution in [2.45, 2.75) is 77.3 Å². The van der Waals surface area contributed by atoms with Crippen molar-refractivity contribution >= 4 is 11.8 Å². The van der Waals surface area contributed by atoms with E-state index >= 15 is 0 Å². The summed E-state index contributed by atoms with van der Waals surface area (Å²) in [5, 5.41) is 3.05. The molecule has 1 heterocycles. The maximum absolute atomic E-state index is 12.9. The van der Waals surface area contributed by atoms with Gasteiger partial charge >= 0.3 is 0 Å². The van der Waals surface area contributed by atoms with Crippen molar-refractivity contribution in [1.82, 2.24) is 10.2 Å². The molecule has 1 saturated carbocycles. The fourth-order valence-corrected chi connectivity index (χ4v) is 3.69. The number of hydrogen-bond acceptors (Lipinski definition) is 2. The molecule has 4 heteroatoms. The van der Waals surface area contributed by atoms with Gasteiger partial charge in [0, 0.05) is 6.54 Å². The molecule has 2 amide bonds. The number of carbonyl (C=O) groups is 2. The second kappa shape index (κ2) is 6.15. The van der Waals surface area contributed by atoms with Crippen LogP contribution in [0.2, 0.25) is 0 Å². The monoisotopic (exact) mass is 280 g/mol. The maximum Gasteiger partial charge on any atom is 0.249 e. The molecular weight excluding hydrogens is 252 g/mol. The van der Waals surface area contributed by atoms with Crippen LogP contribution in [0.15, 0.2) is 0 Å². The van der Waals surface area contributed by atoms with Crippen LogP contribution in [0.4, 0.5) is 0 Å². The number of piperazine rings is 1. The van der Waals surface area contributed by atoms with Gasteiger partial charge in [0.05, 0.1) is 0 Å². The van der Waals surface area contributed by atoms with Crippen molar-refractivity contribution in [2.24, 2.45) is 5.92 Å². The van der Waals surface area contributed by atoms with Gasteiger partial charge in [0.25, 0.3) is 0 Å². The van der Waals surface area contributed by atoms with Gasteiger partial charge in [-0.25, -0.2) is 0 Å². The van der Waals surface area contributed by atoms with Gasteiger partial charge in [-0.1, -0.05) is 46.5 Å². The lowest BCUT2D eigenvalue weighted by Gasteiger charge is -2.45. The Balaban J connectivity index is 2.23. The Morgan fingerprint density at radius 2 is 1.80 bits per heavy atom. The predicted octanol–water partition coefficient (Wildman–Crippen LogP) is 2.47. The summed E-state index contributed by atoms with van der Waals surface area (Å²) in [6.45, 7) is 7.05. The van der Waals surface area contributed by atoms with Crippen LogP contribution in [0.5, 0.6) is 0 Å². The van der Waals surface area contributed by atoms with Crippen LogP contribution in [-0.2, 0) is 9.59 Å². The average molecular weight is 280 g/mol. The van der Waals surface area contributed by atoms with Gasteiger partial charge < -0.3 is 10.2 Å². The van der Waals surface area contributed by atoms with E-state index in [9.17, 15) is 9.59 Å². The zero-order valence-corrected chi connectivity index (χ0v) is 13.1. The van der Waals surface area contributed by atoms with Crippen molar-refractivity contribution < 1.29 is 9.59 Å². The molecule has 1 spiro atoms. The lowest BCUT2D eigenvalue weighted by atomic mass is 9.88. The summed E-state index contributed by atoms with van der Waals surface area (Å²) in [7, 11) is 0. The molecule has 0 bridgehead atoms. The van der Waals surface area contributed by atoms with Crippen LogP contribution >= 0.6 is 0 Å². The fraction of sp³-hybridized carbons (Fsp3) is 0.875. The molecule has 20 heavy (non-hydrogen) atoms. The van der Waals surface area contributed by atoms with Gasteiger partial charge in [0.2, 0.25) is 11.8 Å². The molecular formula is C16H28N2O2. The summed E-state index contributed by atoms with van der Waals surface area (Å²) in [6, 6.07) is -0.269. The number of nitrogens with zero attached hydrogens (tertiary/aromatic N) is 1. The summed E-state index contributed by atoms with van der Waals surface area (Å²) in [4.78, 5) is 27.2. The van der Waals surface area contributed by atoms with E-state index in [2.05, 4.69) is 19.2 Å². The summed E-state index contributed by atoms with van der Waals surface area (Å²) >= 11 is 0. The highest BCUT2D eigenvalue weighted by Gasteiger charge is 2.51. The van der Waals surface area contributed by atoms with E-state index in [0.717, 1.165) is 45.1 Å². The minimum absolute atomic E-state index is 0.0555. The van der Waals surface area contributed by atoms with E-state index in [-0.39, 0.29) is 17.9 Å². The molecule has 1 aliphatic heterocycles. The third-order valence-electron chi connectivity index (χ3n) is 5.16. The molecule has 1 atom stereocenters. The molecule has 2 aliphatic rings. The van der Waals surface area contributed by atoms with Crippen LogP contribution in [0.1, 0.15) is 65.7 Å². The SMILES string of the molecule is CCC(CC)CN1C(=O)C2(CCCC2)NC(=O)C1CC. The molecule has 0 aromatic rings. The molecule has 1 aliphatic carbocycles. The number of hydrogen-bond donors (Lipinski definition) is 1. The molecule has 1 N–H and O–H groups in total. The molecule has 1 unspecified atom stereocenters. The van der Waals surface area contributed by atoms with E-state index < -0.39 is 5.54 Å². The van der Waals surface area contributed by atoms with Gasteiger partial charge in [0.15, 0.2) is 0 Å². The Kier molecular flexibility index (Phi) is 4.71. The minimum atomic E-state index is -0.575. The van der Waals surface area contributed by atoms with Gasteiger partial charge in [-0.05, 0) is 25.2 Å². The summed E-state index contributed by atoms with van der Waals surface area (Å²) < 4.78 is 0. The Morgan fingerprint density at radius 1 is 1.20 bits per heavy atom. The number of carbonyl (C=O) groups excluding carboxylic acids is 2. The van der Waals surface area contributed by atoms with Crippen LogP contribution in [0.3, 0.4) is 0 Å². The molecule has 2 fully saturated rings. The minimum Gasteiger partial charge on any atom is -0.340 e. The molecule has 4 nitrogen and oxygen atoms in total. The van der Waals surface area contributed by atoms with Gasteiger partial charge in [-0.2, -0.15) is 0 Å². The first-order chi connectivity index (χ1) is 9.57. The molecule has 0 aromatic heterocycles. The largest absolute Gasteiger partial charge is 0.340 e. The maximum atomic E-state index is 12.9. The lowest BCUT2D eigenvalue weighted by Crippen LogP contribution is -2.69. The van der Waals surface area contributed by atoms with Crippen LogP contribution in [0, 0.1) is 5.92 Å². The topological polar surface area (TPSA) is 49.4 Å². The van der Waals surface area contributed by atoms with Crippen molar-refractivity contribution in [1.29, 1.82) is 0 Å². The number of rotatable bonds is 5. The molecule has 1 saturated heterocycles. The first-order valence-electron chi connectivity index (χ1n) is 8.21. The van der Waals surface area contributed by atoms with Crippen molar-refractivity contribution in [3.05, 3.63) is 0 Å². The first-order valence-corrected chi connectivity index (χ1v) is 8.21. The average Bonchev–Trinajstić information content (AvgIpc) is 2.90. The van der Waals surface area contributed by atoms with Crippen molar-refractivity contribution in [3.8, 4) is 0 Å². The lowest BCUT2D eigenvalue weighted by molar-refractivity contribution is -0.155. The van der Waals surface area contributed by atoms with E-state index in [4.69, 9.17) is 0 Å². The fourth-order valence-electron chi connectivity index (χ4n) is 3.69. The van der Waals surface area contributed by atoms with Gasteiger partial charge in [-0.15, -0.1) is 0 Å². The van der Waals surface area contributed by atoms with E-state index in [0.29, 0.717) is 12.3 Å². The van der Waals surface area contributed by atoms with Crippen LogP contribution in [-0.4, -0.2) is 34.8 Å². The van der Waals surface area contributed by atoms with Crippen molar-refractivity contribution in [3.63, 3.8) is 0 Å². The van der Waals surface area contributed by atoms with Crippen LogP contribution < -0.4 is 5.32 Å². The molecule has 0 aromatic carbocycles. The van der Waals surface area contributed by atoms with E-state index in [1.807, 2.05) is 11.8 Å². The summed E-state index contributed by atoms with van der Waals surface area (Å²) in [5.41, 5.74) is -0.575. The highest BCUT2D eigenvalue weighted by Crippen LogP contribution is 2.35. The van der Waals surface area contributed by atoms with Crippen LogP contribution in [0.25, 0.3) is 0 Å². The third kappa shape index (κ3) is 2.57. The predicted molar refractivity (Wildman–Crippen MR) is 79.2 cm³/mol. The first kappa shape index (κ1) is 15.3. The zero-order chi connectivity index (χ0) is 14.8. The standard InChI is InChI=1S/C16H28N2O2/c1-4-12(5-2)11-18-13(6-3)14(19)17-16(15(18)20)9-7-8-10-16/h12-13H,4-11H2,1-3H3,(H,17,19).